The summed E-state index contributed by atoms with van der Waals surface area (Å²) in [7, 11) is 1.43. The van der Waals surface area contributed by atoms with Crippen molar-refractivity contribution in [2.75, 3.05) is 13.7 Å². The van der Waals surface area contributed by atoms with Gasteiger partial charge in [0.05, 0.1) is 19.2 Å². The summed E-state index contributed by atoms with van der Waals surface area (Å²) in [5.41, 5.74) is -0.869. The standard InChI is InChI=1S/C22H30N2O7/c1-21(2,3)31-20(27)24-15(13-29-22(24,4)5)17(28-6)16-18(25)30-19(26)23(16)12-14-10-8-7-9-11-14/h7-11,15-17H,12-13H2,1-6H3/t15-,16-,17+/m0/s1. The number of carbonyl (C=O) groups excluding carboxylic acids is 3. The van der Waals surface area contributed by atoms with Crippen molar-refractivity contribution in [2.45, 2.75) is 70.7 Å². The lowest BCUT2D eigenvalue weighted by atomic mass is 10.0. The normalized spacial score (nSPS) is 24.3. The van der Waals surface area contributed by atoms with E-state index in [-0.39, 0.29) is 13.2 Å². The lowest BCUT2D eigenvalue weighted by Crippen LogP contribution is -2.59. The molecule has 0 spiro atoms. The molecule has 0 unspecified atom stereocenters. The van der Waals surface area contributed by atoms with Crippen LogP contribution in [-0.2, 0) is 30.3 Å². The number of esters is 1. The number of rotatable bonds is 5. The highest BCUT2D eigenvalue weighted by Gasteiger charge is 2.56. The van der Waals surface area contributed by atoms with Gasteiger partial charge in [0.1, 0.15) is 17.4 Å². The van der Waals surface area contributed by atoms with E-state index in [2.05, 4.69) is 0 Å². The summed E-state index contributed by atoms with van der Waals surface area (Å²) in [6, 6.07) is 7.55. The summed E-state index contributed by atoms with van der Waals surface area (Å²) in [6.45, 7) is 9.07. The van der Waals surface area contributed by atoms with E-state index < -0.39 is 47.7 Å². The lowest BCUT2D eigenvalue weighted by molar-refractivity contribution is -0.141. The number of cyclic esters (lactones) is 2. The second kappa shape index (κ2) is 8.47. The quantitative estimate of drug-likeness (QED) is 0.519. The van der Waals surface area contributed by atoms with Crippen LogP contribution in [0.2, 0.25) is 0 Å². The Morgan fingerprint density at radius 2 is 1.87 bits per heavy atom. The number of hydrogen-bond acceptors (Lipinski definition) is 7. The average molecular weight is 434 g/mol. The minimum Gasteiger partial charge on any atom is -0.444 e. The van der Waals surface area contributed by atoms with Crippen molar-refractivity contribution < 1.29 is 33.3 Å². The molecule has 9 heteroatoms. The van der Waals surface area contributed by atoms with Gasteiger partial charge in [0.15, 0.2) is 6.04 Å². The molecule has 2 aliphatic rings. The van der Waals surface area contributed by atoms with Gasteiger partial charge in [-0.15, -0.1) is 0 Å². The van der Waals surface area contributed by atoms with E-state index in [4.69, 9.17) is 18.9 Å². The second-order valence-electron chi connectivity index (χ2n) is 9.12. The van der Waals surface area contributed by atoms with Crippen LogP contribution in [0.25, 0.3) is 0 Å². The van der Waals surface area contributed by atoms with Gasteiger partial charge in [0.2, 0.25) is 0 Å². The van der Waals surface area contributed by atoms with Crippen LogP contribution in [0.5, 0.6) is 0 Å². The Hall–Kier alpha value is -2.65. The molecule has 2 heterocycles. The van der Waals surface area contributed by atoms with Crippen LogP contribution in [0.4, 0.5) is 9.59 Å². The Morgan fingerprint density at radius 1 is 1.23 bits per heavy atom. The molecule has 0 radical (unpaired) electrons. The first kappa shape index (κ1) is 23.0. The maximum absolute atomic E-state index is 13.0. The number of amides is 2. The van der Waals surface area contributed by atoms with Gasteiger partial charge in [-0.3, -0.25) is 9.80 Å². The SMILES string of the molecule is CO[C@@H]([C@H]1C(=O)OC(=O)N1Cc1ccccc1)[C@@H]1COC(C)(C)N1C(=O)OC(C)(C)C. The Labute approximate surface area is 182 Å². The number of benzene rings is 1. The van der Waals surface area contributed by atoms with E-state index >= 15 is 0 Å². The van der Waals surface area contributed by atoms with E-state index in [1.165, 1.54) is 16.9 Å². The van der Waals surface area contributed by atoms with Crippen LogP contribution >= 0.6 is 0 Å². The Balaban J connectivity index is 1.91. The van der Waals surface area contributed by atoms with Gasteiger partial charge in [0.25, 0.3) is 0 Å². The summed E-state index contributed by atoms with van der Waals surface area (Å²) in [6.07, 6.45) is -2.21. The topological polar surface area (TPSA) is 94.6 Å². The predicted molar refractivity (Wildman–Crippen MR) is 110 cm³/mol. The van der Waals surface area contributed by atoms with Crippen molar-refractivity contribution >= 4 is 18.2 Å². The second-order valence-corrected chi connectivity index (χ2v) is 9.12. The predicted octanol–water partition coefficient (Wildman–Crippen LogP) is 2.92. The molecule has 31 heavy (non-hydrogen) atoms. The van der Waals surface area contributed by atoms with Gasteiger partial charge in [-0.05, 0) is 40.2 Å². The van der Waals surface area contributed by atoms with Gasteiger partial charge in [-0.1, -0.05) is 30.3 Å². The summed E-state index contributed by atoms with van der Waals surface area (Å²) < 4.78 is 22.0. The van der Waals surface area contributed by atoms with Crippen LogP contribution in [0.3, 0.4) is 0 Å². The fourth-order valence-electron chi connectivity index (χ4n) is 3.94. The molecule has 0 aliphatic carbocycles. The van der Waals surface area contributed by atoms with E-state index in [9.17, 15) is 14.4 Å². The first-order valence-electron chi connectivity index (χ1n) is 10.2. The molecule has 1 aromatic rings. The number of carbonyl (C=O) groups is 3. The van der Waals surface area contributed by atoms with Gasteiger partial charge >= 0.3 is 18.2 Å². The first-order chi connectivity index (χ1) is 14.4. The number of nitrogens with zero attached hydrogens (tertiary/aromatic N) is 2. The average Bonchev–Trinajstić information content (AvgIpc) is 3.12. The minimum atomic E-state index is -1.04. The molecule has 9 nitrogen and oxygen atoms in total. The van der Waals surface area contributed by atoms with Crippen LogP contribution in [0.15, 0.2) is 30.3 Å². The molecular weight excluding hydrogens is 404 g/mol. The van der Waals surface area contributed by atoms with Crippen molar-refractivity contribution in [2.24, 2.45) is 0 Å². The highest BCUT2D eigenvalue weighted by molar-refractivity contribution is 5.96. The van der Waals surface area contributed by atoms with Crippen molar-refractivity contribution in [1.82, 2.24) is 9.80 Å². The number of hydrogen-bond donors (Lipinski definition) is 0. The maximum Gasteiger partial charge on any atom is 0.418 e. The molecule has 0 aromatic heterocycles. The Kier molecular flexibility index (Phi) is 6.29. The van der Waals surface area contributed by atoms with Crippen molar-refractivity contribution in [3.05, 3.63) is 35.9 Å². The fraction of sp³-hybridized carbons (Fsp3) is 0.591. The maximum atomic E-state index is 13.0. The zero-order valence-corrected chi connectivity index (χ0v) is 18.8. The zero-order valence-electron chi connectivity index (χ0n) is 18.8. The lowest BCUT2D eigenvalue weighted by Gasteiger charge is -2.39. The monoisotopic (exact) mass is 434 g/mol. The summed E-state index contributed by atoms with van der Waals surface area (Å²) in [5, 5.41) is 0. The van der Waals surface area contributed by atoms with E-state index in [1.807, 2.05) is 30.3 Å². The molecule has 2 amide bonds. The molecule has 170 valence electrons. The summed E-state index contributed by atoms with van der Waals surface area (Å²) in [5.74, 6) is -0.721. The number of methoxy groups -OCH3 is 1. The van der Waals surface area contributed by atoms with E-state index in [0.717, 1.165) is 5.56 Å². The highest BCUT2D eigenvalue weighted by Crippen LogP contribution is 2.35. The molecule has 2 aliphatic heterocycles. The van der Waals surface area contributed by atoms with Crippen LogP contribution in [-0.4, -0.2) is 71.2 Å². The van der Waals surface area contributed by atoms with E-state index in [0.29, 0.717) is 0 Å². The van der Waals surface area contributed by atoms with Gasteiger partial charge in [0, 0.05) is 7.11 Å². The molecular formula is C22H30N2O7. The fourth-order valence-corrected chi connectivity index (χ4v) is 3.94. The summed E-state index contributed by atoms with van der Waals surface area (Å²) in [4.78, 5) is 40.9. The third-order valence-corrected chi connectivity index (χ3v) is 5.27. The van der Waals surface area contributed by atoms with Crippen LogP contribution in [0.1, 0.15) is 40.2 Å². The largest absolute Gasteiger partial charge is 0.444 e. The third-order valence-electron chi connectivity index (χ3n) is 5.27. The smallest absolute Gasteiger partial charge is 0.418 e. The van der Waals surface area contributed by atoms with Gasteiger partial charge < -0.3 is 18.9 Å². The molecule has 3 rings (SSSR count). The molecule has 0 N–H and O–H groups in total. The number of ether oxygens (including phenoxy) is 4. The molecule has 1 aromatic carbocycles. The molecule has 2 fully saturated rings. The van der Waals surface area contributed by atoms with E-state index in [1.54, 1.807) is 34.6 Å². The van der Waals surface area contributed by atoms with Gasteiger partial charge in [-0.25, -0.2) is 14.4 Å². The first-order valence-corrected chi connectivity index (χ1v) is 10.2. The molecule has 0 saturated carbocycles. The zero-order chi connectivity index (χ0) is 23.0. The van der Waals surface area contributed by atoms with Crippen molar-refractivity contribution in [3.8, 4) is 0 Å². The Morgan fingerprint density at radius 3 is 2.45 bits per heavy atom. The highest BCUT2D eigenvalue weighted by atomic mass is 16.6. The van der Waals surface area contributed by atoms with Gasteiger partial charge in [-0.2, -0.15) is 0 Å². The molecule has 3 atom stereocenters. The Bertz CT molecular complexity index is 834. The van der Waals surface area contributed by atoms with Crippen LogP contribution < -0.4 is 0 Å². The summed E-state index contributed by atoms with van der Waals surface area (Å²) >= 11 is 0. The van der Waals surface area contributed by atoms with Crippen molar-refractivity contribution in [3.63, 3.8) is 0 Å². The molecule has 2 saturated heterocycles. The van der Waals surface area contributed by atoms with Crippen molar-refractivity contribution in [1.29, 1.82) is 0 Å². The minimum absolute atomic E-state index is 0.113. The van der Waals surface area contributed by atoms with Crippen LogP contribution in [0, 0.1) is 0 Å². The third kappa shape index (κ3) is 4.83. The molecule has 0 bridgehead atoms.